The molecule has 0 saturated heterocycles. The quantitative estimate of drug-likeness (QED) is 0.514. The van der Waals surface area contributed by atoms with Gasteiger partial charge in [0.2, 0.25) is 0 Å². The van der Waals surface area contributed by atoms with E-state index in [9.17, 15) is 31.1 Å². The molecule has 0 saturated carbocycles. The number of carbonyl (C=O) groups is 1. The molecule has 1 aliphatic carbocycles. The van der Waals surface area contributed by atoms with Gasteiger partial charge in [0.1, 0.15) is 11.4 Å². The number of allylic oxidation sites excluding steroid dienone is 1. The highest BCUT2D eigenvalue weighted by Gasteiger charge is 2.36. The molecule has 0 spiro atoms. The number of alkyl halides is 6. The molecule has 0 aromatic carbocycles. The van der Waals surface area contributed by atoms with Crippen molar-refractivity contribution in [2.45, 2.75) is 44.1 Å². The molecule has 178 valence electrons. The molecular formula is C20H20F6N6O. The average molecular weight is 474 g/mol. The smallest absolute Gasteiger partial charge is 0.402 e. The zero-order valence-corrected chi connectivity index (χ0v) is 17.3. The number of nitrogens with zero attached hydrogens (tertiary/aromatic N) is 4. The molecule has 0 fully saturated rings. The van der Waals surface area contributed by atoms with Crippen molar-refractivity contribution in [2.24, 2.45) is 17.8 Å². The first-order chi connectivity index (χ1) is 15.4. The maximum Gasteiger partial charge on any atom is 0.435 e. The Labute approximate surface area is 184 Å². The summed E-state index contributed by atoms with van der Waals surface area (Å²) in [6.07, 6.45) is -4.85. The molecule has 3 rings (SSSR count). The van der Waals surface area contributed by atoms with Crippen LogP contribution in [0, 0.1) is 0 Å². The summed E-state index contributed by atoms with van der Waals surface area (Å²) in [5.41, 5.74) is 4.24. The minimum Gasteiger partial charge on any atom is -0.402 e. The number of aryl methyl sites for hydroxylation is 1. The van der Waals surface area contributed by atoms with Crippen molar-refractivity contribution in [3.8, 4) is 0 Å². The normalized spacial score (nSPS) is 18.0. The molecule has 13 heteroatoms. The van der Waals surface area contributed by atoms with Gasteiger partial charge in [-0.2, -0.15) is 31.4 Å². The Bertz CT molecular complexity index is 1090. The Morgan fingerprint density at radius 2 is 1.88 bits per heavy atom. The van der Waals surface area contributed by atoms with Gasteiger partial charge in [-0.3, -0.25) is 19.5 Å². The van der Waals surface area contributed by atoms with Gasteiger partial charge in [0.25, 0.3) is 5.91 Å². The van der Waals surface area contributed by atoms with Crippen LogP contribution in [-0.2, 0) is 19.4 Å². The number of amides is 1. The van der Waals surface area contributed by atoms with E-state index in [0.29, 0.717) is 43.0 Å². The van der Waals surface area contributed by atoms with Gasteiger partial charge in [-0.15, -0.1) is 0 Å². The Kier molecular flexibility index (Phi) is 6.79. The molecule has 2 heterocycles. The molecule has 1 amide bonds. The second-order valence-electron chi connectivity index (χ2n) is 7.44. The number of pyridine rings is 1. The monoisotopic (exact) mass is 474 g/mol. The maximum atomic E-state index is 12.9. The molecule has 2 aromatic rings. The first kappa shape index (κ1) is 24.3. The van der Waals surface area contributed by atoms with Gasteiger partial charge in [0, 0.05) is 36.8 Å². The fourth-order valence-electron chi connectivity index (χ4n) is 3.36. The Balaban J connectivity index is 1.86. The summed E-state index contributed by atoms with van der Waals surface area (Å²) >= 11 is 0. The topological polar surface area (TPSA) is 98.2 Å². The molecule has 1 unspecified atom stereocenters. The number of nitrogens with two attached hydrogens (primary N) is 1. The summed E-state index contributed by atoms with van der Waals surface area (Å²) in [5.74, 6) is -0.797. The van der Waals surface area contributed by atoms with Crippen molar-refractivity contribution >= 4 is 17.8 Å². The lowest BCUT2D eigenvalue weighted by molar-refractivity contribution is -0.142. The van der Waals surface area contributed by atoms with E-state index in [4.69, 9.17) is 5.73 Å². The minimum absolute atomic E-state index is 0.0200. The summed E-state index contributed by atoms with van der Waals surface area (Å²) in [5, 5.41) is 5.97. The van der Waals surface area contributed by atoms with Crippen molar-refractivity contribution in [3.63, 3.8) is 0 Å². The standard InChI is InChI=1S/C20H20F6N6O/c1-32-15(9-17(31-32)20(24,25)26)18(33)30-14-5-3-2-4-13(27)12(14)10-29-11-6-7-28-16(8-11)19(21,22)23/h6-10,14H,2-5,27H2,1H3,(H,30,33). The third-order valence-corrected chi connectivity index (χ3v) is 5.03. The number of halogens is 6. The Hall–Kier alpha value is -3.38. The molecule has 7 nitrogen and oxygen atoms in total. The summed E-state index contributed by atoms with van der Waals surface area (Å²) in [4.78, 5) is 20.0. The van der Waals surface area contributed by atoms with Crippen LogP contribution in [-0.4, -0.2) is 32.9 Å². The highest BCUT2D eigenvalue weighted by Crippen LogP contribution is 2.30. The first-order valence-corrected chi connectivity index (χ1v) is 9.84. The van der Waals surface area contributed by atoms with Gasteiger partial charge in [0.15, 0.2) is 5.69 Å². The molecule has 0 radical (unpaired) electrons. The second kappa shape index (κ2) is 9.24. The van der Waals surface area contributed by atoms with Crippen LogP contribution >= 0.6 is 0 Å². The number of rotatable bonds is 4. The number of aromatic nitrogens is 3. The fourth-order valence-corrected chi connectivity index (χ4v) is 3.36. The van der Waals surface area contributed by atoms with Crippen LogP contribution in [0.2, 0.25) is 0 Å². The summed E-state index contributed by atoms with van der Waals surface area (Å²) in [7, 11) is 1.21. The predicted molar refractivity (Wildman–Crippen MR) is 107 cm³/mol. The van der Waals surface area contributed by atoms with Crippen LogP contribution < -0.4 is 11.1 Å². The highest BCUT2D eigenvalue weighted by molar-refractivity contribution is 5.94. The van der Waals surface area contributed by atoms with E-state index < -0.39 is 35.7 Å². The molecular weight excluding hydrogens is 454 g/mol. The number of hydrogen-bond acceptors (Lipinski definition) is 5. The second-order valence-corrected chi connectivity index (χ2v) is 7.44. The fraction of sp³-hybridized carbons (Fsp3) is 0.400. The van der Waals surface area contributed by atoms with Gasteiger partial charge in [-0.25, -0.2) is 0 Å². The van der Waals surface area contributed by atoms with E-state index in [-0.39, 0.29) is 11.4 Å². The van der Waals surface area contributed by atoms with Gasteiger partial charge in [-0.1, -0.05) is 6.42 Å². The number of nitrogens with one attached hydrogen (secondary N) is 1. The van der Waals surface area contributed by atoms with Crippen LogP contribution in [0.25, 0.3) is 0 Å². The summed E-state index contributed by atoms with van der Waals surface area (Å²) < 4.78 is 78.2. The van der Waals surface area contributed by atoms with Gasteiger partial charge < -0.3 is 11.1 Å². The highest BCUT2D eigenvalue weighted by atomic mass is 19.4. The van der Waals surface area contributed by atoms with E-state index in [0.717, 1.165) is 16.9 Å². The zero-order chi connectivity index (χ0) is 24.4. The molecule has 0 bridgehead atoms. The van der Waals surface area contributed by atoms with Crippen molar-refractivity contribution in [1.29, 1.82) is 0 Å². The average Bonchev–Trinajstić information content (AvgIpc) is 3.04. The van der Waals surface area contributed by atoms with E-state index >= 15 is 0 Å². The maximum absolute atomic E-state index is 12.9. The molecule has 3 N–H and O–H groups in total. The predicted octanol–water partition coefficient (Wildman–Crippen LogP) is 4.14. The lowest BCUT2D eigenvalue weighted by atomic mass is 10.0. The number of carbonyl (C=O) groups excluding carboxylic acids is 1. The van der Waals surface area contributed by atoms with Crippen molar-refractivity contribution < 1.29 is 31.1 Å². The third kappa shape index (κ3) is 5.90. The molecule has 1 atom stereocenters. The number of hydrogen-bond donors (Lipinski definition) is 2. The first-order valence-electron chi connectivity index (χ1n) is 9.84. The van der Waals surface area contributed by atoms with E-state index in [1.807, 2.05) is 0 Å². The van der Waals surface area contributed by atoms with Gasteiger partial charge in [-0.05, 0) is 31.4 Å². The molecule has 2 aromatic heterocycles. The SMILES string of the molecule is Cn1nc(C(F)(F)F)cc1C(=O)NC1CCCCC(N)=C1C=Nc1ccnc(C(F)(F)F)c1. The lowest BCUT2D eigenvalue weighted by Crippen LogP contribution is -2.38. The van der Waals surface area contributed by atoms with E-state index in [2.05, 4.69) is 20.4 Å². The van der Waals surface area contributed by atoms with Crippen molar-refractivity contribution in [2.75, 3.05) is 0 Å². The molecule has 33 heavy (non-hydrogen) atoms. The summed E-state index contributed by atoms with van der Waals surface area (Å²) in [6, 6.07) is 1.99. The minimum atomic E-state index is -4.71. The van der Waals surface area contributed by atoms with Gasteiger partial charge in [0.05, 0.1) is 11.7 Å². The Morgan fingerprint density at radius 3 is 2.52 bits per heavy atom. The van der Waals surface area contributed by atoms with Crippen LogP contribution in [0.1, 0.15) is 47.6 Å². The van der Waals surface area contributed by atoms with E-state index in [1.165, 1.54) is 19.3 Å². The number of aliphatic imine (C=N–C) groups is 1. The Morgan fingerprint density at radius 1 is 1.18 bits per heavy atom. The van der Waals surface area contributed by atoms with Crippen LogP contribution in [0.5, 0.6) is 0 Å². The van der Waals surface area contributed by atoms with Crippen molar-refractivity contribution in [1.82, 2.24) is 20.1 Å². The van der Waals surface area contributed by atoms with Crippen LogP contribution in [0.15, 0.2) is 40.7 Å². The zero-order valence-electron chi connectivity index (χ0n) is 17.3. The summed E-state index contributed by atoms with van der Waals surface area (Å²) in [6.45, 7) is 0. The lowest BCUT2D eigenvalue weighted by Gasteiger charge is -2.19. The van der Waals surface area contributed by atoms with Crippen LogP contribution in [0.3, 0.4) is 0 Å². The molecule has 1 aliphatic rings. The van der Waals surface area contributed by atoms with Gasteiger partial charge >= 0.3 is 12.4 Å². The largest absolute Gasteiger partial charge is 0.435 e. The third-order valence-electron chi connectivity index (χ3n) is 5.03. The van der Waals surface area contributed by atoms with E-state index in [1.54, 1.807) is 0 Å². The van der Waals surface area contributed by atoms with Crippen LogP contribution in [0.4, 0.5) is 32.0 Å². The van der Waals surface area contributed by atoms with Crippen molar-refractivity contribution in [3.05, 3.63) is 52.7 Å². The molecule has 0 aliphatic heterocycles.